The van der Waals surface area contributed by atoms with Crippen molar-refractivity contribution in [1.29, 1.82) is 0 Å². The van der Waals surface area contributed by atoms with Crippen molar-refractivity contribution in [2.75, 3.05) is 51.8 Å². The lowest BCUT2D eigenvalue weighted by Crippen LogP contribution is -2.47. The fraction of sp³-hybridized carbons (Fsp3) is 0.345. The Morgan fingerprint density at radius 3 is 2.29 bits per heavy atom. The molecule has 1 aliphatic heterocycles. The van der Waals surface area contributed by atoms with Crippen molar-refractivity contribution in [1.82, 2.24) is 19.4 Å². The summed E-state index contributed by atoms with van der Waals surface area (Å²) in [6.45, 7) is 5.05. The number of unbranched alkanes of at least 4 members (excludes halogenated alkanes) is 1. The minimum Gasteiger partial charge on any atom is -0.494 e. The topological polar surface area (TPSA) is 93.0 Å². The minimum absolute atomic E-state index is 0.0545. The van der Waals surface area contributed by atoms with Crippen LogP contribution in [-0.4, -0.2) is 71.5 Å². The van der Waals surface area contributed by atoms with E-state index in [4.69, 9.17) is 9.47 Å². The van der Waals surface area contributed by atoms with Crippen molar-refractivity contribution in [2.24, 2.45) is 0 Å². The van der Waals surface area contributed by atoms with Gasteiger partial charge in [-0.3, -0.25) is 14.3 Å². The van der Waals surface area contributed by atoms with E-state index in [0.29, 0.717) is 23.4 Å². The summed E-state index contributed by atoms with van der Waals surface area (Å²) in [6, 6.07) is 14.8. The van der Waals surface area contributed by atoms with Gasteiger partial charge in [0, 0.05) is 62.1 Å². The molecular weight excluding hydrogens is 482 g/mol. The number of fused-ring (bicyclic) bond motifs is 1. The molecule has 9 nitrogen and oxygen atoms in total. The molecule has 0 amide bonds. The van der Waals surface area contributed by atoms with E-state index in [-0.39, 0.29) is 11.4 Å². The lowest BCUT2D eigenvalue weighted by molar-refractivity contribution is 0.249. The second-order valence-corrected chi connectivity index (χ2v) is 9.42. The van der Waals surface area contributed by atoms with Gasteiger partial charge in [0.1, 0.15) is 0 Å². The number of rotatable bonds is 9. The lowest BCUT2D eigenvalue weighted by Gasteiger charge is -2.34. The number of nitrogens with zero attached hydrogens (tertiary/aromatic N) is 5. The molecule has 0 unspecified atom stereocenters. The van der Waals surface area contributed by atoms with Gasteiger partial charge in [0.05, 0.1) is 14.2 Å². The summed E-state index contributed by atoms with van der Waals surface area (Å²) in [5, 5.41) is 12.0. The van der Waals surface area contributed by atoms with E-state index in [1.165, 1.54) is 4.57 Å². The van der Waals surface area contributed by atoms with Crippen LogP contribution in [0, 0.1) is 0 Å². The molecule has 0 spiro atoms. The minimum atomic E-state index is -0.160. The smallest absolute Gasteiger partial charge is 0.253 e. The summed E-state index contributed by atoms with van der Waals surface area (Å²) in [5.41, 5.74) is 1.73. The Hall–Kier alpha value is -4.11. The summed E-state index contributed by atoms with van der Waals surface area (Å²) in [6.07, 6.45) is 5.47. The van der Waals surface area contributed by atoms with Crippen LogP contribution in [0.2, 0.25) is 0 Å². The fourth-order valence-corrected chi connectivity index (χ4v) is 4.93. The Labute approximate surface area is 221 Å². The highest BCUT2D eigenvalue weighted by molar-refractivity contribution is 5.86. The Balaban J connectivity index is 1.10. The maximum atomic E-state index is 12.4. The third kappa shape index (κ3) is 5.43. The molecule has 0 aliphatic carbocycles. The molecule has 0 radical (unpaired) electrons. The third-order valence-electron chi connectivity index (χ3n) is 7.12. The summed E-state index contributed by atoms with van der Waals surface area (Å²) >= 11 is 0. The lowest BCUT2D eigenvalue weighted by atomic mass is 10.1. The maximum absolute atomic E-state index is 12.4. The molecule has 1 N–H and O–H groups in total. The van der Waals surface area contributed by atoms with Gasteiger partial charge in [-0.15, -0.1) is 0 Å². The van der Waals surface area contributed by atoms with Gasteiger partial charge in [0.2, 0.25) is 11.8 Å². The molecule has 0 atom stereocenters. The van der Waals surface area contributed by atoms with Gasteiger partial charge in [0.15, 0.2) is 11.5 Å². The molecule has 1 fully saturated rings. The number of pyridine rings is 1. The van der Waals surface area contributed by atoms with E-state index in [2.05, 4.69) is 19.8 Å². The van der Waals surface area contributed by atoms with Gasteiger partial charge < -0.3 is 19.5 Å². The summed E-state index contributed by atoms with van der Waals surface area (Å²) in [7, 11) is 3.24. The van der Waals surface area contributed by atoms with Gasteiger partial charge >= 0.3 is 0 Å². The second kappa shape index (κ2) is 11.5. The average Bonchev–Trinajstić information content (AvgIpc) is 2.96. The highest BCUT2D eigenvalue weighted by Gasteiger charge is 2.19. The van der Waals surface area contributed by atoms with Crippen LogP contribution in [0.3, 0.4) is 0 Å². The molecule has 3 heterocycles. The van der Waals surface area contributed by atoms with Gasteiger partial charge in [-0.1, -0.05) is 24.3 Å². The second-order valence-electron chi connectivity index (χ2n) is 9.42. The molecule has 2 aromatic heterocycles. The highest BCUT2D eigenvalue weighted by atomic mass is 16.5. The van der Waals surface area contributed by atoms with E-state index in [1.54, 1.807) is 20.3 Å². The van der Waals surface area contributed by atoms with Crippen LogP contribution in [0.25, 0.3) is 21.9 Å². The van der Waals surface area contributed by atoms with E-state index in [9.17, 15) is 9.90 Å². The largest absolute Gasteiger partial charge is 0.494 e. The molecule has 4 aromatic rings. The predicted octanol–water partition coefficient (Wildman–Crippen LogP) is 3.78. The van der Waals surface area contributed by atoms with Crippen molar-refractivity contribution in [2.45, 2.75) is 19.4 Å². The zero-order chi connectivity index (χ0) is 26.5. The Bertz CT molecular complexity index is 1450. The van der Waals surface area contributed by atoms with Crippen molar-refractivity contribution in [3.63, 3.8) is 0 Å². The highest BCUT2D eigenvalue weighted by Crippen LogP contribution is 2.32. The average molecular weight is 516 g/mol. The van der Waals surface area contributed by atoms with Crippen LogP contribution in [-0.2, 0) is 6.54 Å². The summed E-state index contributed by atoms with van der Waals surface area (Å²) in [4.78, 5) is 26.3. The number of anilines is 1. The molecule has 198 valence electrons. The number of hydrogen-bond acceptors (Lipinski definition) is 8. The third-order valence-corrected chi connectivity index (χ3v) is 7.12. The molecule has 5 rings (SSSR count). The van der Waals surface area contributed by atoms with Crippen LogP contribution < -0.4 is 19.9 Å². The first-order valence-corrected chi connectivity index (χ1v) is 12.9. The molecule has 1 saturated heterocycles. The first-order valence-electron chi connectivity index (χ1n) is 12.9. The van der Waals surface area contributed by atoms with Gasteiger partial charge in [-0.05, 0) is 48.5 Å². The number of aromatic nitrogens is 3. The van der Waals surface area contributed by atoms with Gasteiger partial charge in [-0.2, -0.15) is 0 Å². The monoisotopic (exact) mass is 515 g/mol. The van der Waals surface area contributed by atoms with Crippen LogP contribution >= 0.6 is 0 Å². The number of piperazine rings is 1. The number of benzene rings is 2. The van der Waals surface area contributed by atoms with E-state index in [0.717, 1.165) is 68.0 Å². The number of ether oxygens (including phenoxy) is 2. The normalized spacial score (nSPS) is 14.1. The van der Waals surface area contributed by atoms with Crippen molar-refractivity contribution < 1.29 is 14.6 Å². The number of methoxy groups -OCH3 is 2. The number of hydrogen-bond donors (Lipinski definition) is 1. The van der Waals surface area contributed by atoms with Crippen LogP contribution in [0.1, 0.15) is 12.8 Å². The molecule has 1 aliphatic rings. The Kier molecular flexibility index (Phi) is 7.74. The van der Waals surface area contributed by atoms with Gasteiger partial charge in [0.25, 0.3) is 5.56 Å². The molecule has 38 heavy (non-hydrogen) atoms. The molecule has 0 saturated carbocycles. The molecule has 2 aromatic carbocycles. The standard InChI is InChI=1S/C29H33N5O4/c1-37-25-10-9-21(17-26(25)38-2)23-19-30-29(31-20-23)33-15-13-32(14-16-33)11-5-6-12-34-27(35)18-22-7-3-4-8-24(22)28(34)36/h3-4,7-10,17-20,36H,5-6,11-16H2,1-2H3. The Morgan fingerprint density at radius 2 is 1.55 bits per heavy atom. The van der Waals surface area contributed by atoms with Crippen LogP contribution in [0.5, 0.6) is 17.4 Å². The fourth-order valence-electron chi connectivity index (χ4n) is 4.93. The maximum Gasteiger partial charge on any atom is 0.253 e. The number of aromatic hydroxyl groups is 1. The molecule has 0 bridgehead atoms. The van der Waals surface area contributed by atoms with E-state index < -0.39 is 0 Å². The molecule has 9 heteroatoms. The summed E-state index contributed by atoms with van der Waals surface area (Å²) < 4.78 is 12.2. The van der Waals surface area contributed by atoms with E-state index >= 15 is 0 Å². The summed E-state index contributed by atoms with van der Waals surface area (Å²) in [5.74, 6) is 2.15. The van der Waals surface area contributed by atoms with Gasteiger partial charge in [-0.25, -0.2) is 9.97 Å². The van der Waals surface area contributed by atoms with Crippen LogP contribution in [0.15, 0.2) is 65.7 Å². The Morgan fingerprint density at radius 1 is 0.842 bits per heavy atom. The first kappa shape index (κ1) is 25.5. The first-order chi connectivity index (χ1) is 18.6. The predicted molar refractivity (Wildman–Crippen MR) is 148 cm³/mol. The van der Waals surface area contributed by atoms with Crippen molar-refractivity contribution in [3.8, 4) is 28.5 Å². The zero-order valence-corrected chi connectivity index (χ0v) is 21.8. The molecular formula is C29H33N5O4. The zero-order valence-electron chi connectivity index (χ0n) is 21.8. The van der Waals surface area contributed by atoms with Crippen molar-refractivity contribution >= 4 is 16.7 Å². The van der Waals surface area contributed by atoms with E-state index in [1.807, 2.05) is 54.9 Å². The quantitative estimate of drug-likeness (QED) is 0.337. The van der Waals surface area contributed by atoms with Crippen LogP contribution in [0.4, 0.5) is 5.95 Å². The SMILES string of the molecule is COc1ccc(-c2cnc(N3CCN(CCCCn4c(O)c5ccccc5cc4=O)CC3)nc2)cc1OC. The van der Waals surface area contributed by atoms with Crippen molar-refractivity contribution in [3.05, 3.63) is 71.3 Å².